The summed E-state index contributed by atoms with van der Waals surface area (Å²) in [5, 5.41) is 27.6. The molecule has 2 atom stereocenters. The van der Waals surface area contributed by atoms with Crippen LogP contribution in [0.2, 0.25) is 0 Å². The van der Waals surface area contributed by atoms with E-state index >= 15 is 0 Å². The molecular formula is C12H13NO4. The highest BCUT2D eigenvalue weighted by Gasteiger charge is 2.19. The average molecular weight is 235 g/mol. The Morgan fingerprint density at radius 1 is 1.53 bits per heavy atom. The zero-order valence-corrected chi connectivity index (χ0v) is 9.33. The third-order valence-corrected chi connectivity index (χ3v) is 2.31. The van der Waals surface area contributed by atoms with Crippen molar-refractivity contribution >= 4 is 5.97 Å². The first-order valence-electron chi connectivity index (χ1n) is 5.01. The van der Waals surface area contributed by atoms with Crippen molar-refractivity contribution in [1.29, 1.82) is 5.26 Å². The van der Waals surface area contributed by atoms with Gasteiger partial charge in [0.25, 0.3) is 0 Å². The van der Waals surface area contributed by atoms with E-state index in [9.17, 15) is 15.0 Å². The van der Waals surface area contributed by atoms with Gasteiger partial charge in [-0.3, -0.25) is 0 Å². The topological polar surface area (TPSA) is 90.6 Å². The Labute approximate surface area is 98.9 Å². The van der Waals surface area contributed by atoms with E-state index in [1.807, 2.05) is 0 Å². The zero-order chi connectivity index (χ0) is 12.8. The second kappa shape index (κ2) is 5.99. The number of carbonyl (C=O) groups excluding carboxylic acids is 1. The fourth-order valence-electron chi connectivity index (χ4n) is 1.39. The van der Waals surface area contributed by atoms with Crippen LogP contribution in [-0.4, -0.2) is 29.4 Å². The van der Waals surface area contributed by atoms with Crippen LogP contribution in [0.1, 0.15) is 28.4 Å². The van der Waals surface area contributed by atoms with E-state index in [1.54, 1.807) is 24.3 Å². The molecule has 0 heterocycles. The van der Waals surface area contributed by atoms with E-state index in [1.165, 1.54) is 13.2 Å². The summed E-state index contributed by atoms with van der Waals surface area (Å²) < 4.78 is 4.54. The zero-order valence-electron chi connectivity index (χ0n) is 9.33. The van der Waals surface area contributed by atoms with Crippen molar-refractivity contribution in [3.63, 3.8) is 0 Å². The number of benzene rings is 1. The van der Waals surface area contributed by atoms with Crippen LogP contribution >= 0.6 is 0 Å². The number of aliphatic hydroxyl groups is 2. The second-order valence-electron chi connectivity index (χ2n) is 3.49. The lowest BCUT2D eigenvalue weighted by atomic mass is 10.0. The monoisotopic (exact) mass is 235 g/mol. The Morgan fingerprint density at radius 2 is 2.24 bits per heavy atom. The maximum absolute atomic E-state index is 11.3. The van der Waals surface area contributed by atoms with Gasteiger partial charge in [-0.2, -0.15) is 5.26 Å². The van der Waals surface area contributed by atoms with Gasteiger partial charge in [-0.25, -0.2) is 4.79 Å². The fourth-order valence-corrected chi connectivity index (χ4v) is 1.39. The molecule has 0 aliphatic rings. The van der Waals surface area contributed by atoms with Gasteiger partial charge in [0.2, 0.25) is 0 Å². The van der Waals surface area contributed by atoms with Gasteiger partial charge < -0.3 is 14.9 Å². The first-order chi connectivity index (χ1) is 8.10. The minimum Gasteiger partial charge on any atom is -0.465 e. The van der Waals surface area contributed by atoms with Crippen molar-refractivity contribution < 1.29 is 19.7 Å². The van der Waals surface area contributed by atoms with Crippen LogP contribution in [0, 0.1) is 11.3 Å². The summed E-state index contributed by atoms with van der Waals surface area (Å²) in [6.45, 7) is 0. The molecular weight excluding hydrogens is 222 g/mol. The third-order valence-electron chi connectivity index (χ3n) is 2.31. The summed E-state index contributed by atoms with van der Waals surface area (Å²) in [5.41, 5.74) is 0.656. The third kappa shape index (κ3) is 3.28. The Morgan fingerprint density at radius 3 is 2.82 bits per heavy atom. The van der Waals surface area contributed by atoms with Gasteiger partial charge in [0, 0.05) is 0 Å². The second-order valence-corrected chi connectivity index (χ2v) is 3.49. The highest BCUT2D eigenvalue weighted by Crippen LogP contribution is 2.20. The number of hydrogen-bond acceptors (Lipinski definition) is 5. The summed E-state index contributed by atoms with van der Waals surface area (Å²) in [6, 6.07) is 7.87. The smallest absolute Gasteiger partial charge is 0.337 e. The number of aliphatic hydroxyl groups excluding tert-OH is 2. The van der Waals surface area contributed by atoms with Crippen LogP contribution in [0.15, 0.2) is 24.3 Å². The highest BCUT2D eigenvalue weighted by atomic mass is 16.5. The molecule has 0 spiro atoms. The van der Waals surface area contributed by atoms with E-state index in [4.69, 9.17) is 5.26 Å². The van der Waals surface area contributed by atoms with Gasteiger partial charge in [-0.15, -0.1) is 0 Å². The summed E-state index contributed by atoms with van der Waals surface area (Å²) in [7, 11) is 1.26. The van der Waals surface area contributed by atoms with E-state index in [0.717, 1.165) is 0 Å². The maximum atomic E-state index is 11.3. The molecule has 1 aromatic carbocycles. The Kier molecular flexibility index (Phi) is 4.64. The van der Waals surface area contributed by atoms with Crippen molar-refractivity contribution in [3.8, 4) is 6.07 Å². The Hall–Kier alpha value is -1.90. The van der Waals surface area contributed by atoms with Crippen LogP contribution in [0.5, 0.6) is 0 Å². The van der Waals surface area contributed by atoms with Crippen LogP contribution in [0.25, 0.3) is 0 Å². The maximum Gasteiger partial charge on any atom is 0.337 e. The van der Waals surface area contributed by atoms with Crippen molar-refractivity contribution in [2.75, 3.05) is 7.11 Å². The number of ether oxygens (including phenoxy) is 1. The Bertz CT molecular complexity index is 438. The summed E-state index contributed by atoms with van der Waals surface area (Å²) >= 11 is 0. The number of hydrogen-bond donors (Lipinski definition) is 2. The first kappa shape index (κ1) is 13.2. The predicted octanol–water partition coefficient (Wildman–Crippen LogP) is 0.781. The quantitative estimate of drug-likeness (QED) is 0.752. The van der Waals surface area contributed by atoms with Gasteiger partial charge in [-0.05, 0) is 17.7 Å². The minimum atomic E-state index is -1.20. The van der Waals surface area contributed by atoms with E-state index < -0.39 is 18.2 Å². The van der Waals surface area contributed by atoms with Gasteiger partial charge >= 0.3 is 5.97 Å². The largest absolute Gasteiger partial charge is 0.465 e. The molecule has 2 N–H and O–H groups in total. The molecule has 5 nitrogen and oxygen atoms in total. The molecule has 90 valence electrons. The fraction of sp³-hybridized carbons (Fsp3) is 0.333. The predicted molar refractivity (Wildman–Crippen MR) is 59.0 cm³/mol. The van der Waals surface area contributed by atoms with E-state index in [0.29, 0.717) is 5.56 Å². The van der Waals surface area contributed by atoms with Gasteiger partial charge in [0.05, 0.1) is 31.3 Å². The molecule has 5 heteroatoms. The number of rotatable bonds is 4. The molecule has 17 heavy (non-hydrogen) atoms. The lowest BCUT2D eigenvalue weighted by Gasteiger charge is -2.15. The normalized spacial score (nSPS) is 13.5. The summed E-state index contributed by atoms with van der Waals surface area (Å²) in [6.07, 6.45) is -2.55. The van der Waals surface area contributed by atoms with Crippen LogP contribution in [-0.2, 0) is 4.74 Å². The van der Waals surface area contributed by atoms with Crippen molar-refractivity contribution in [3.05, 3.63) is 35.4 Å². The molecule has 2 unspecified atom stereocenters. The molecule has 0 aliphatic heterocycles. The number of methoxy groups -OCH3 is 1. The lowest BCUT2D eigenvalue weighted by Crippen LogP contribution is -2.17. The van der Waals surface area contributed by atoms with Gasteiger partial charge in [-0.1, -0.05) is 12.1 Å². The standard InChI is InChI=1S/C12H13NO4/c1-17-12(16)9-4-2-3-8(7-9)11(15)10(14)5-6-13/h2-4,7,10-11,14-15H,5H2,1H3. The molecule has 0 saturated heterocycles. The number of nitrogens with zero attached hydrogens (tertiary/aromatic N) is 1. The molecule has 1 rings (SSSR count). The van der Waals surface area contributed by atoms with Crippen LogP contribution in [0.4, 0.5) is 0 Å². The molecule has 0 fully saturated rings. The van der Waals surface area contributed by atoms with Gasteiger partial charge in [0.15, 0.2) is 0 Å². The van der Waals surface area contributed by atoms with Gasteiger partial charge in [0.1, 0.15) is 6.10 Å². The minimum absolute atomic E-state index is 0.177. The molecule has 0 saturated carbocycles. The van der Waals surface area contributed by atoms with Crippen molar-refractivity contribution in [2.24, 2.45) is 0 Å². The number of carbonyl (C=O) groups is 1. The summed E-state index contributed by atoms with van der Waals surface area (Å²) in [5.74, 6) is -0.520. The first-order valence-corrected chi connectivity index (χ1v) is 5.01. The van der Waals surface area contributed by atoms with E-state index in [-0.39, 0.29) is 12.0 Å². The number of esters is 1. The van der Waals surface area contributed by atoms with E-state index in [2.05, 4.69) is 4.74 Å². The molecule has 0 aromatic heterocycles. The highest BCUT2D eigenvalue weighted by molar-refractivity contribution is 5.89. The summed E-state index contributed by atoms with van der Waals surface area (Å²) in [4.78, 5) is 11.3. The average Bonchev–Trinajstić information content (AvgIpc) is 2.37. The van der Waals surface area contributed by atoms with Crippen molar-refractivity contribution in [2.45, 2.75) is 18.6 Å². The molecule has 0 radical (unpaired) electrons. The lowest BCUT2D eigenvalue weighted by molar-refractivity contribution is 0.0215. The van der Waals surface area contributed by atoms with Crippen LogP contribution < -0.4 is 0 Å². The molecule has 0 aliphatic carbocycles. The molecule has 1 aromatic rings. The SMILES string of the molecule is COC(=O)c1cccc(C(O)C(O)CC#N)c1. The number of nitriles is 1. The van der Waals surface area contributed by atoms with Crippen molar-refractivity contribution in [1.82, 2.24) is 0 Å². The molecule has 0 bridgehead atoms. The molecule has 0 amide bonds. The Balaban J connectivity index is 2.92. The van der Waals surface area contributed by atoms with Crippen LogP contribution in [0.3, 0.4) is 0 Å².